The van der Waals surface area contributed by atoms with Crippen LogP contribution in [0.15, 0.2) is 29.6 Å². The van der Waals surface area contributed by atoms with Crippen LogP contribution in [0.25, 0.3) is 0 Å². The molecule has 1 N–H and O–H groups in total. The summed E-state index contributed by atoms with van der Waals surface area (Å²) in [5.74, 6) is -0.444. The van der Waals surface area contributed by atoms with E-state index in [1.54, 1.807) is 0 Å². The molecule has 20 heavy (non-hydrogen) atoms. The lowest BCUT2D eigenvalue weighted by atomic mass is 10.2. The van der Waals surface area contributed by atoms with Crippen LogP contribution in [0.2, 0.25) is 10.0 Å². The third kappa shape index (κ3) is 3.27. The molecule has 2 aromatic rings. The van der Waals surface area contributed by atoms with Crippen molar-refractivity contribution in [2.24, 2.45) is 0 Å². The van der Waals surface area contributed by atoms with E-state index in [2.05, 4.69) is 5.32 Å². The summed E-state index contributed by atoms with van der Waals surface area (Å²) in [6.45, 7) is 0.352. The molecule has 0 atom stereocenters. The smallest absolute Gasteiger partial charge is 0.290 e. The van der Waals surface area contributed by atoms with Crippen molar-refractivity contribution in [1.29, 1.82) is 0 Å². The Kier molecular flexibility index (Phi) is 4.59. The summed E-state index contributed by atoms with van der Waals surface area (Å²) in [7, 11) is 0. The number of thiophene rings is 1. The Morgan fingerprint density at radius 3 is 2.75 bits per heavy atom. The van der Waals surface area contributed by atoms with E-state index in [0.717, 1.165) is 10.9 Å². The molecule has 0 aliphatic carbocycles. The van der Waals surface area contributed by atoms with Crippen LogP contribution in [0.5, 0.6) is 0 Å². The minimum atomic E-state index is -0.676. The van der Waals surface area contributed by atoms with E-state index in [4.69, 9.17) is 23.2 Å². The van der Waals surface area contributed by atoms with E-state index in [9.17, 15) is 14.9 Å². The van der Waals surface area contributed by atoms with Crippen LogP contribution < -0.4 is 5.32 Å². The number of nitrogens with zero attached hydrogens (tertiary/aromatic N) is 1. The number of nitro groups is 1. The van der Waals surface area contributed by atoms with Gasteiger partial charge in [-0.15, -0.1) is 11.3 Å². The van der Waals surface area contributed by atoms with Crippen LogP contribution in [0.3, 0.4) is 0 Å². The average molecular weight is 331 g/mol. The highest BCUT2D eigenvalue weighted by atomic mass is 35.5. The van der Waals surface area contributed by atoms with Crippen molar-refractivity contribution < 1.29 is 9.72 Å². The number of nitro benzene ring substituents is 1. The molecule has 0 aliphatic rings. The van der Waals surface area contributed by atoms with Crippen molar-refractivity contribution >= 4 is 46.1 Å². The maximum absolute atomic E-state index is 11.9. The molecule has 2 rings (SSSR count). The summed E-state index contributed by atoms with van der Waals surface area (Å²) in [6, 6.07) is 6.16. The van der Waals surface area contributed by atoms with Gasteiger partial charge >= 0.3 is 0 Å². The largest absolute Gasteiger partial charge is 0.347 e. The molecular formula is C12H8Cl2N2O3S. The van der Waals surface area contributed by atoms with Gasteiger partial charge in [-0.1, -0.05) is 29.3 Å². The first-order valence-electron chi connectivity index (χ1n) is 5.43. The lowest BCUT2D eigenvalue weighted by Crippen LogP contribution is -2.22. The highest BCUT2D eigenvalue weighted by molar-refractivity contribution is 7.09. The first-order chi connectivity index (χ1) is 9.49. The third-order valence-corrected chi connectivity index (χ3v) is 4.14. The fourth-order valence-corrected chi connectivity index (χ4v) is 2.56. The van der Waals surface area contributed by atoms with Crippen molar-refractivity contribution in [3.8, 4) is 0 Å². The number of carbonyl (C=O) groups excluding carboxylic acids is 1. The Hall–Kier alpha value is -1.63. The number of halogens is 2. The van der Waals surface area contributed by atoms with Gasteiger partial charge < -0.3 is 5.32 Å². The monoisotopic (exact) mass is 330 g/mol. The molecule has 0 aliphatic heterocycles. The fourth-order valence-electron chi connectivity index (χ4n) is 1.52. The van der Waals surface area contributed by atoms with Crippen LogP contribution in [-0.4, -0.2) is 10.8 Å². The van der Waals surface area contributed by atoms with E-state index in [0.29, 0.717) is 6.54 Å². The molecule has 1 amide bonds. The minimum absolute atomic E-state index is 0.0258. The summed E-state index contributed by atoms with van der Waals surface area (Å²) in [5.41, 5.74) is -0.289. The molecule has 8 heteroatoms. The van der Waals surface area contributed by atoms with E-state index < -0.39 is 10.8 Å². The number of hydrogen-bond acceptors (Lipinski definition) is 4. The van der Waals surface area contributed by atoms with Gasteiger partial charge in [0.05, 0.1) is 16.5 Å². The lowest BCUT2D eigenvalue weighted by Gasteiger charge is -2.05. The molecule has 1 heterocycles. The zero-order valence-electron chi connectivity index (χ0n) is 9.93. The van der Waals surface area contributed by atoms with E-state index in [1.165, 1.54) is 17.4 Å². The third-order valence-electron chi connectivity index (χ3n) is 2.47. The van der Waals surface area contributed by atoms with Gasteiger partial charge in [0.1, 0.15) is 5.02 Å². The lowest BCUT2D eigenvalue weighted by molar-refractivity contribution is -0.384. The van der Waals surface area contributed by atoms with Crippen LogP contribution in [-0.2, 0) is 6.54 Å². The SMILES string of the molecule is O=C(NCc1cccs1)c1cc(Cl)c(Cl)c([N+](=O)[O-])c1. The Morgan fingerprint density at radius 2 is 2.15 bits per heavy atom. The van der Waals surface area contributed by atoms with Gasteiger partial charge in [0.15, 0.2) is 0 Å². The molecular weight excluding hydrogens is 323 g/mol. The summed E-state index contributed by atoms with van der Waals surface area (Å²) in [4.78, 5) is 23.1. The maximum Gasteiger partial charge on any atom is 0.290 e. The molecule has 0 bridgehead atoms. The summed E-state index contributed by atoms with van der Waals surface area (Å²) in [5, 5.41) is 15.2. The Labute approximate surface area is 128 Å². The summed E-state index contributed by atoms with van der Waals surface area (Å²) < 4.78 is 0. The maximum atomic E-state index is 11.9. The van der Waals surface area contributed by atoms with Crippen molar-refractivity contribution in [1.82, 2.24) is 5.32 Å². The number of nitrogens with one attached hydrogen (secondary N) is 1. The zero-order chi connectivity index (χ0) is 14.7. The summed E-state index contributed by atoms with van der Waals surface area (Å²) >= 11 is 13.0. The van der Waals surface area contributed by atoms with Gasteiger partial charge in [-0.2, -0.15) is 0 Å². The van der Waals surface area contributed by atoms with E-state index in [1.807, 2.05) is 17.5 Å². The van der Waals surface area contributed by atoms with Gasteiger partial charge in [-0.05, 0) is 17.5 Å². The second-order valence-corrected chi connectivity index (χ2v) is 5.63. The standard InChI is InChI=1S/C12H8Cl2N2O3S/c13-9-4-7(5-10(11(9)14)16(18)19)12(17)15-6-8-2-1-3-20-8/h1-5H,6H2,(H,15,17). The van der Waals surface area contributed by atoms with Crippen LogP contribution in [0, 0.1) is 10.1 Å². The highest BCUT2D eigenvalue weighted by Gasteiger charge is 2.20. The second-order valence-electron chi connectivity index (χ2n) is 3.81. The van der Waals surface area contributed by atoms with Gasteiger partial charge in [0.2, 0.25) is 0 Å². The van der Waals surface area contributed by atoms with Crippen molar-refractivity contribution in [3.05, 3.63) is 60.2 Å². The topological polar surface area (TPSA) is 72.2 Å². The van der Waals surface area contributed by atoms with Crippen LogP contribution in [0.4, 0.5) is 5.69 Å². The van der Waals surface area contributed by atoms with Crippen molar-refractivity contribution in [2.75, 3.05) is 0 Å². The highest BCUT2D eigenvalue weighted by Crippen LogP contribution is 2.33. The number of carbonyl (C=O) groups is 1. The summed E-state index contributed by atoms with van der Waals surface area (Å²) in [6.07, 6.45) is 0. The van der Waals surface area contributed by atoms with Gasteiger partial charge in [-0.25, -0.2) is 0 Å². The second kappa shape index (κ2) is 6.21. The number of hydrogen-bond donors (Lipinski definition) is 1. The Bertz CT molecular complexity index is 659. The van der Waals surface area contributed by atoms with Crippen LogP contribution in [0.1, 0.15) is 15.2 Å². The molecule has 0 fully saturated rings. The van der Waals surface area contributed by atoms with Gasteiger partial charge in [0.25, 0.3) is 11.6 Å². The molecule has 1 aromatic carbocycles. The Balaban J connectivity index is 2.19. The van der Waals surface area contributed by atoms with Crippen LogP contribution >= 0.6 is 34.5 Å². The first kappa shape index (κ1) is 14.8. The molecule has 0 radical (unpaired) electrons. The normalized spacial score (nSPS) is 10.3. The zero-order valence-corrected chi connectivity index (χ0v) is 12.3. The number of benzene rings is 1. The number of rotatable bonds is 4. The molecule has 0 saturated carbocycles. The van der Waals surface area contributed by atoms with Gasteiger partial charge in [0, 0.05) is 16.5 Å². The Morgan fingerprint density at radius 1 is 1.40 bits per heavy atom. The van der Waals surface area contributed by atoms with Crippen molar-refractivity contribution in [2.45, 2.75) is 6.54 Å². The minimum Gasteiger partial charge on any atom is -0.347 e. The molecule has 0 saturated heterocycles. The molecule has 104 valence electrons. The molecule has 1 aromatic heterocycles. The molecule has 0 unspecified atom stereocenters. The quantitative estimate of drug-likeness (QED) is 0.682. The fraction of sp³-hybridized carbons (Fsp3) is 0.0833. The van der Waals surface area contributed by atoms with Crippen molar-refractivity contribution in [3.63, 3.8) is 0 Å². The molecule has 0 spiro atoms. The van der Waals surface area contributed by atoms with Gasteiger partial charge in [-0.3, -0.25) is 14.9 Å². The first-order valence-corrected chi connectivity index (χ1v) is 7.06. The predicted molar refractivity (Wildman–Crippen MR) is 78.6 cm³/mol. The number of amides is 1. The van der Waals surface area contributed by atoms with E-state index in [-0.39, 0.29) is 21.3 Å². The molecule has 5 nitrogen and oxygen atoms in total. The van der Waals surface area contributed by atoms with E-state index >= 15 is 0 Å². The predicted octanol–water partition coefficient (Wildman–Crippen LogP) is 3.89. The average Bonchev–Trinajstić information content (AvgIpc) is 2.91.